The monoisotopic (exact) mass is 218 g/mol. The van der Waals surface area contributed by atoms with E-state index in [0.717, 1.165) is 31.4 Å². The van der Waals surface area contributed by atoms with Crippen LogP contribution in [0.15, 0.2) is 30.3 Å². The Bertz CT molecular complexity index is 350. The Morgan fingerprint density at radius 2 is 1.88 bits per heavy atom. The van der Waals surface area contributed by atoms with Crippen LogP contribution in [0.1, 0.15) is 25.7 Å². The van der Waals surface area contributed by atoms with Crippen LogP contribution in [0.2, 0.25) is 0 Å². The van der Waals surface area contributed by atoms with Crippen molar-refractivity contribution in [3.8, 4) is 0 Å². The Morgan fingerprint density at radius 1 is 1.19 bits per heavy atom. The number of amides is 1. The highest BCUT2D eigenvalue weighted by Crippen LogP contribution is 2.24. The summed E-state index contributed by atoms with van der Waals surface area (Å²) in [5.41, 5.74) is 6.82. The fraction of sp³-hybridized carbons (Fsp3) is 0.462. The second-order valence-corrected chi connectivity index (χ2v) is 4.41. The van der Waals surface area contributed by atoms with Crippen LogP contribution in [0.5, 0.6) is 0 Å². The van der Waals surface area contributed by atoms with Gasteiger partial charge in [-0.2, -0.15) is 0 Å². The van der Waals surface area contributed by atoms with Crippen molar-refractivity contribution in [1.29, 1.82) is 0 Å². The maximum absolute atomic E-state index is 12.0. The quantitative estimate of drug-likeness (QED) is 0.799. The van der Waals surface area contributed by atoms with Gasteiger partial charge in [0.1, 0.15) is 0 Å². The van der Waals surface area contributed by atoms with Gasteiger partial charge in [0.05, 0.1) is 5.92 Å². The number of nitrogens with two attached hydrogens (primary N) is 1. The number of nitrogens with one attached hydrogen (secondary N) is 1. The summed E-state index contributed by atoms with van der Waals surface area (Å²) in [5, 5.41) is 2.92. The van der Waals surface area contributed by atoms with Gasteiger partial charge in [-0.05, 0) is 25.0 Å². The first-order valence-electron chi connectivity index (χ1n) is 5.89. The molecule has 0 aromatic heterocycles. The van der Waals surface area contributed by atoms with E-state index in [9.17, 15) is 4.79 Å². The lowest BCUT2D eigenvalue weighted by Gasteiger charge is -2.27. The fourth-order valence-electron chi connectivity index (χ4n) is 2.24. The first-order chi connectivity index (χ1) is 7.77. The van der Waals surface area contributed by atoms with Crippen molar-refractivity contribution in [2.45, 2.75) is 31.7 Å². The van der Waals surface area contributed by atoms with Crippen molar-refractivity contribution in [2.75, 3.05) is 5.32 Å². The zero-order valence-electron chi connectivity index (χ0n) is 9.36. The van der Waals surface area contributed by atoms with E-state index in [2.05, 4.69) is 5.32 Å². The number of rotatable bonds is 2. The average Bonchev–Trinajstić information content (AvgIpc) is 2.31. The van der Waals surface area contributed by atoms with Crippen LogP contribution >= 0.6 is 0 Å². The molecule has 0 spiro atoms. The third kappa shape index (κ3) is 2.61. The molecule has 2 atom stereocenters. The zero-order chi connectivity index (χ0) is 11.4. The molecule has 0 bridgehead atoms. The molecule has 1 aliphatic rings. The van der Waals surface area contributed by atoms with E-state index in [1.807, 2.05) is 30.3 Å². The molecule has 1 aromatic rings. The molecule has 1 amide bonds. The molecule has 0 saturated heterocycles. The summed E-state index contributed by atoms with van der Waals surface area (Å²) in [5.74, 6) is 0.0485. The summed E-state index contributed by atoms with van der Waals surface area (Å²) in [6, 6.07) is 9.57. The fourth-order valence-corrected chi connectivity index (χ4v) is 2.24. The third-order valence-corrected chi connectivity index (χ3v) is 3.20. The Labute approximate surface area is 96.0 Å². The van der Waals surface area contributed by atoms with Gasteiger partial charge in [-0.3, -0.25) is 4.79 Å². The molecule has 3 heteroatoms. The standard InChI is InChI=1S/C13H18N2O/c14-12-9-5-4-8-11(12)13(16)15-10-6-2-1-3-7-10/h1-3,6-7,11-12H,4-5,8-9,14H2,(H,15,16)/t11-,12+/m1/s1. The molecule has 0 aliphatic heterocycles. The van der Waals surface area contributed by atoms with Gasteiger partial charge in [-0.25, -0.2) is 0 Å². The van der Waals surface area contributed by atoms with Gasteiger partial charge in [0, 0.05) is 11.7 Å². The predicted octanol–water partition coefficient (Wildman–Crippen LogP) is 2.14. The van der Waals surface area contributed by atoms with Crippen LogP contribution in [-0.2, 0) is 4.79 Å². The highest BCUT2D eigenvalue weighted by atomic mass is 16.1. The van der Waals surface area contributed by atoms with Crippen molar-refractivity contribution in [3.63, 3.8) is 0 Å². The molecule has 0 unspecified atom stereocenters. The van der Waals surface area contributed by atoms with Crippen LogP contribution in [0.3, 0.4) is 0 Å². The predicted molar refractivity (Wildman–Crippen MR) is 65.0 cm³/mol. The Balaban J connectivity index is 1.97. The first kappa shape index (κ1) is 11.1. The van der Waals surface area contributed by atoms with Gasteiger partial charge >= 0.3 is 0 Å². The van der Waals surface area contributed by atoms with E-state index in [1.54, 1.807) is 0 Å². The van der Waals surface area contributed by atoms with Crippen LogP contribution < -0.4 is 11.1 Å². The van der Waals surface area contributed by atoms with Gasteiger partial charge in [0.15, 0.2) is 0 Å². The van der Waals surface area contributed by atoms with Gasteiger partial charge in [0.25, 0.3) is 0 Å². The van der Waals surface area contributed by atoms with Crippen LogP contribution in [0.25, 0.3) is 0 Å². The second-order valence-electron chi connectivity index (χ2n) is 4.41. The average molecular weight is 218 g/mol. The van der Waals surface area contributed by atoms with E-state index >= 15 is 0 Å². The molecule has 3 nitrogen and oxygen atoms in total. The van der Waals surface area contributed by atoms with E-state index < -0.39 is 0 Å². The largest absolute Gasteiger partial charge is 0.327 e. The minimum atomic E-state index is -0.0195. The van der Waals surface area contributed by atoms with Crippen molar-refractivity contribution in [1.82, 2.24) is 0 Å². The number of hydrogen-bond donors (Lipinski definition) is 2. The van der Waals surface area contributed by atoms with E-state index in [-0.39, 0.29) is 17.9 Å². The molecule has 1 fully saturated rings. The highest BCUT2D eigenvalue weighted by Gasteiger charge is 2.28. The molecule has 0 heterocycles. The normalized spacial score (nSPS) is 25.1. The van der Waals surface area contributed by atoms with Gasteiger partial charge in [0.2, 0.25) is 5.91 Å². The number of carbonyl (C=O) groups excluding carboxylic acids is 1. The maximum atomic E-state index is 12.0. The smallest absolute Gasteiger partial charge is 0.229 e. The molecule has 3 N–H and O–H groups in total. The van der Waals surface area contributed by atoms with Crippen molar-refractivity contribution < 1.29 is 4.79 Å². The number of benzene rings is 1. The number of anilines is 1. The lowest BCUT2D eigenvalue weighted by Crippen LogP contribution is -2.40. The lowest BCUT2D eigenvalue weighted by molar-refractivity contribution is -0.121. The number of carbonyl (C=O) groups is 1. The second kappa shape index (κ2) is 5.12. The molecule has 2 rings (SSSR count). The van der Waals surface area contributed by atoms with Crippen LogP contribution in [0, 0.1) is 5.92 Å². The molecule has 1 aliphatic carbocycles. The minimum Gasteiger partial charge on any atom is -0.327 e. The van der Waals surface area contributed by atoms with Crippen molar-refractivity contribution >= 4 is 11.6 Å². The maximum Gasteiger partial charge on any atom is 0.229 e. The molecule has 16 heavy (non-hydrogen) atoms. The van der Waals surface area contributed by atoms with E-state index in [1.165, 1.54) is 0 Å². The summed E-state index contributed by atoms with van der Waals surface area (Å²) in [6.07, 6.45) is 4.14. The zero-order valence-corrected chi connectivity index (χ0v) is 9.36. The lowest BCUT2D eigenvalue weighted by atomic mass is 9.84. The van der Waals surface area contributed by atoms with Gasteiger partial charge < -0.3 is 11.1 Å². The highest BCUT2D eigenvalue weighted by molar-refractivity contribution is 5.93. The Morgan fingerprint density at radius 3 is 2.56 bits per heavy atom. The summed E-state index contributed by atoms with van der Waals surface area (Å²) in [6.45, 7) is 0. The third-order valence-electron chi connectivity index (χ3n) is 3.20. The molecule has 0 radical (unpaired) electrons. The van der Waals surface area contributed by atoms with E-state index in [4.69, 9.17) is 5.73 Å². The minimum absolute atomic E-state index is 0.0195. The van der Waals surface area contributed by atoms with Crippen molar-refractivity contribution in [2.24, 2.45) is 11.7 Å². The topological polar surface area (TPSA) is 55.1 Å². The summed E-state index contributed by atoms with van der Waals surface area (Å²) in [7, 11) is 0. The SMILES string of the molecule is N[C@H]1CCCC[C@H]1C(=O)Nc1ccccc1. The Kier molecular flexibility index (Phi) is 3.57. The molecular weight excluding hydrogens is 200 g/mol. The van der Waals surface area contributed by atoms with Crippen molar-refractivity contribution in [3.05, 3.63) is 30.3 Å². The molecular formula is C13H18N2O. The van der Waals surface area contributed by atoms with Gasteiger partial charge in [-0.15, -0.1) is 0 Å². The Hall–Kier alpha value is -1.35. The van der Waals surface area contributed by atoms with Crippen LogP contribution in [0.4, 0.5) is 5.69 Å². The van der Waals surface area contributed by atoms with Gasteiger partial charge in [-0.1, -0.05) is 31.0 Å². The number of hydrogen-bond acceptors (Lipinski definition) is 2. The van der Waals surface area contributed by atoms with E-state index in [0.29, 0.717) is 0 Å². The number of para-hydroxylation sites is 1. The molecule has 1 saturated carbocycles. The summed E-state index contributed by atoms with van der Waals surface area (Å²) >= 11 is 0. The van der Waals surface area contributed by atoms with Crippen LogP contribution in [-0.4, -0.2) is 11.9 Å². The first-order valence-corrected chi connectivity index (χ1v) is 5.89. The molecule has 1 aromatic carbocycles. The summed E-state index contributed by atoms with van der Waals surface area (Å²) in [4.78, 5) is 12.0. The molecule has 86 valence electrons. The summed E-state index contributed by atoms with van der Waals surface area (Å²) < 4.78 is 0.